The molecule has 3 nitrogen and oxygen atoms in total. The molecule has 0 bridgehead atoms. The first-order valence-corrected chi connectivity index (χ1v) is 9.73. The van der Waals surface area contributed by atoms with Crippen LogP contribution in [0.5, 0.6) is 0 Å². The molecule has 0 N–H and O–H groups in total. The number of halogens is 1. The molecule has 4 rings (SSSR count). The monoisotopic (exact) mass is 374 g/mol. The zero-order chi connectivity index (χ0) is 19.3. The lowest BCUT2D eigenvalue weighted by Crippen LogP contribution is -2.32. The molecule has 1 amide bonds. The molecule has 2 heterocycles. The highest BCUT2D eigenvalue weighted by molar-refractivity contribution is 5.79. The van der Waals surface area contributed by atoms with Crippen LogP contribution in [0.1, 0.15) is 41.4 Å². The number of hydrogen-bond donors (Lipinski definition) is 0. The van der Waals surface area contributed by atoms with Crippen molar-refractivity contribution in [1.29, 1.82) is 0 Å². The van der Waals surface area contributed by atoms with Crippen LogP contribution in [-0.2, 0) is 17.6 Å². The summed E-state index contributed by atoms with van der Waals surface area (Å²) in [6, 6.07) is 22.5. The SMILES string of the molecule is O=C(Cc1ccccc1)N1CCCC1c1cccc(Cc2ccccc2F)n1. The Kier molecular flexibility index (Phi) is 5.47. The minimum atomic E-state index is -0.213. The fourth-order valence-electron chi connectivity index (χ4n) is 3.86. The molecule has 1 aliphatic heterocycles. The van der Waals surface area contributed by atoms with Gasteiger partial charge in [-0.1, -0.05) is 54.6 Å². The van der Waals surface area contributed by atoms with Gasteiger partial charge in [0.05, 0.1) is 18.2 Å². The normalized spacial score (nSPS) is 16.3. The number of rotatable bonds is 5. The Hall–Kier alpha value is -3.01. The quantitative estimate of drug-likeness (QED) is 0.648. The maximum absolute atomic E-state index is 14.0. The van der Waals surface area contributed by atoms with Crippen molar-refractivity contribution >= 4 is 5.91 Å². The van der Waals surface area contributed by atoms with Crippen molar-refractivity contribution in [2.75, 3.05) is 6.54 Å². The number of amides is 1. The van der Waals surface area contributed by atoms with Crippen molar-refractivity contribution in [2.45, 2.75) is 31.7 Å². The van der Waals surface area contributed by atoms with Crippen molar-refractivity contribution in [3.05, 3.63) is 101 Å². The third kappa shape index (κ3) is 4.11. The molecule has 1 unspecified atom stereocenters. The number of aromatic nitrogens is 1. The maximum atomic E-state index is 14.0. The number of likely N-dealkylation sites (tertiary alicyclic amines) is 1. The van der Waals surface area contributed by atoms with Crippen molar-refractivity contribution in [1.82, 2.24) is 9.88 Å². The molecule has 0 aliphatic carbocycles. The van der Waals surface area contributed by atoms with Crippen LogP contribution in [0, 0.1) is 5.82 Å². The van der Waals surface area contributed by atoms with Crippen LogP contribution in [-0.4, -0.2) is 22.3 Å². The highest BCUT2D eigenvalue weighted by Gasteiger charge is 2.30. The van der Waals surface area contributed by atoms with Crippen LogP contribution >= 0.6 is 0 Å². The Morgan fingerprint density at radius 3 is 2.61 bits per heavy atom. The first-order valence-electron chi connectivity index (χ1n) is 9.73. The van der Waals surface area contributed by atoms with Gasteiger partial charge in [0.15, 0.2) is 0 Å². The summed E-state index contributed by atoms with van der Waals surface area (Å²) in [7, 11) is 0. The third-order valence-corrected chi connectivity index (χ3v) is 5.27. The molecular weight excluding hydrogens is 351 g/mol. The van der Waals surface area contributed by atoms with Crippen LogP contribution in [0.25, 0.3) is 0 Å². The molecule has 28 heavy (non-hydrogen) atoms. The number of carbonyl (C=O) groups is 1. The van der Waals surface area contributed by atoms with Gasteiger partial charge in [-0.05, 0) is 42.2 Å². The Labute approximate surface area is 164 Å². The van der Waals surface area contributed by atoms with E-state index in [-0.39, 0.29) is 17.8 Å². The van der Waals surface area contributed by atoms with E-state index in [9.17, 15) is 9.18 Å². The van der Waals surface area contributed by atoms with E-state index >= 15 is 0 Å². The lowest BCUT2D eigenvalue weighted by molar-refractivity contribution is -0.131. The summed E-state index contributed by atoms with van der Waals surface area (Å²) in [6.45, 7) is 0.759. The largest absolute Gasteiger partial charge is 0.334 e. The smallest absolute Gasteiger partial charge is 0.227 e. The zero-order valence-corrected chi connectivity index (χ0v) is 15.7. The topological polar surface area (TPSA) is 33.2 Å². The van der Waals surface area contributed by atoms with Gasteiger partial charge in [0, 0.05) is 18.7 Å². The van der Waals surface area contributed by atoms with E-state index in [1.807, 2.05) is 59.5 Å². The molecule has 3 aromatic rings. The van der Waals surface area contributed by atoms with Crippen molar-refractivity contribution < 1.29 is 9.18 Å². The Balaban J connectivity index is 1.51. The van der Waals surface area contributed by atoms with Crippen LogP contribution in [0.4, 0.5) is 4.39 Å². The second-order valence-corrected chi connectivity index (χ2v) is 7.23. The van der Waals surface area contributed by atoms with Gasteiger partial charge in [-0.3, -0.25) is 9.78 Å². The van der Waals surface area contributed by atoms with E-state index in [0.29, 0.717) is 18.4 Å². The molecule has 142 valence electrons. The van der Waals surface area contributed by atoms with Gasteiger partial charge >= 0.3 is 0 Å². The van der Waals surface area contributed by atoms with Crippen LogP contribution in [0.15, 0.2) is 72.8 Å². The first kappa shape index (κ1) is 18.4. The molecular formula is C24H23FN2O. The van der Waals surface area contributed by atoms with E-state index in [1.165, 1.54) is 6.07 Å². The van der Waals surface area contributed by atoms with E-state index in [2.05, 4.69) is 0 Å². The minimum absolute atomic E-state index is 0.00298. The summed E-state index contributed by atoms with van der Waals surface area (Å²) in [5, 5.41) is 0. The molecule has 1 aromatic heterocycles. The summed E-state index contributed by atoms with van der Waals surface area (Å²) >= 11 is 0. The summed E-state index contributed by atoms with van der Waals surface area (Å²) in [4.78, 5) is 19.6. The number of hydrogen-bond acceptors (Lipinski definition) is 2. The molecule has 0 radical (unpaired) electrons. The molecule has 1 fully saturated rings. The van der Waals surface area contributed by atoms with E-state index in [0.717, 1.165) is 36.3 Å². The maximum Gasteiger partial charge on any atom is 0.227 e. The van der Waals surface area contributed by atoms with Gasteiger partial charge in [-0.2, -0.15) is 0 Å². The zero-order valence-electron chi connectivity index (χ0n) is 15.7. The van der Waals surface area contributed by atoms with E-state index < -0.39 is 0 Å². The lowest BCUT2D eigenvalue weighted by Gasteiger charge is -2.25. The fourth-order valence-corrected chi connectivity index (χ4v) is 3.86. The summed E-state index contributed by atoms with van der Waals surface area (Å²) in [5.74, 6) is -0.0785. The van der Waals surface area contributed by atoms with Crippen molar-refractivity contribution in [2.24, 2.45) is 0 Å². The van der Waals surface area contributed by atoms with Gasteiger partial charge < -0.3 is 4.90 Å². The molecule has 2 aromatic carbocycles. The Morgan fingerprint density at radius 2 is 1.79 bits per heavy atom. The predicted octanol–water partition coefficient (Wildman–Crippen LogP) is 4.72. The second-order valence-electron chi connectivity index (χ2n) is 7.23. The molecule has 1 aliphatic rings. The van der Waals surface area contributed by atoms with E-state index in [4.69, 9.17) is 4.98 Å². The molecule has 0 spiro atoms. The lowest BCUT2D eigenvalue weighted by atomic mass is 10.1. The van der Waals surface area contributed by atoms with Gasteiger partial charge in [-0.15, -0.1) is 0 Å². The van der Waals surface area contributed by atoms with Gasteiger partial charge in [0.25, 0.3) is 0 Å². The summed E-state index contributed by atoms with van der Waals surface area (Å²) in [5.41, 5.74) is 3.38. The van der Waals surface area contributed by atoms with Crippen LogP contribution in [0.2, 0.25) is 0 Å². The highest BCUT2D eigenvalue weighted by atomic mass is 19.1. The van der Waals surface area contributed by atoms with Crippen LogP contribution in [0.3, 0.4) is 0 Å². The highest BCUT2D eigenvalue weighted by Crippen LogP contribution is 2.31. The fraction of sp³-hybridized carbons (Fsp3) is 0.250. The number of benzene rings is 2. The Morgan fingerprint density at radius 1 is 1.00 bits per heavy atom. The molecule has 4 heteroatoms. The number of nitrogens with zero attached hydrogens (tertiary/aromatic N) is 2. The third-order valence-electron chi connectivity index (χ3n) is 5.27. The summed E-state index contributed by atoms with van der Waals surface area (Å²) < 4.78 is 14.0. The van der Waals surface area contributed by atoms with Crippen molar-refractivity contribution in [3.8, 4) is 0 Å². The Bertz CT molecular complexity index is 958. The standard InChI is InChI=1S/C24H23FN2O/c25-21-12-5-4-10-19(21)17-20-11-6-13-22(26-20)23-14-7-15-27(23)24(28)16-18-8-2-1-3-9-18/h1-6,8-13,23H,7,14-17H2. The van der Waals surface area contributed by atoms with Crippen molar-refractivity contribution in [3.63, 3.8) is 0 Å². The van der Waals surface area contributed by atoms with Gasteiger partial charge in [-0.25, -0.2) is 4.39 Å². The van der Waals surface area contributed by atoms with Gasteiger partial charge in [0.2, 0.25) is 5.91 Å². The molecule has 1 saturated heterocycles. The molecule has 1 atom stereocenters. The van der Waals surface area contributed by atoms with Gasteiger partial charge in [0.1, 0.15) is 5.82 Å². The molecule has 0 saturated carbocycles. The number of carbonyl (C=O) groups excluding carboxylic acids is 1. The average molecular weight is 374 g/mol. The minimum Gasteiger partial charge on any atom is -0.334 e. The summed E-state index contributed by atoms with van der Waals surface area (Å²) in [6.07, 6.45) is 2.75. The van der Waals surface area contributed by atoms with E-state index in [1.54, 1.807) is 12.1 Å². The predicted molar refractivity (Wildman–Crippen MR) is 107 cm³/mol. The van der Waals surface area contributed by atoms with Crippen LogP contribution < -0.4 is 0 Å². The average Bonchev–Trinajstić information content (AvgIpc) is 3.21. The first-order chi connectivity index (χ1) is 13.7. The number of pyridine rings is 1. The second kappa shape index (κ2) is 8.34.